The molecule has 0 aliphatic carbocycles. The first kappa shape index (κ1) is 24.1. The van der Waals surface area contributed by atoms with Crippen LogP contribution in [0.15, 0.2) is 12.1 Å². The lowest BCUT2D eigenvalue weighted by Gasteiger charge is -2.18. The van der Waals surface area contributed by atoms with E-state index in [0.29, 0.717) is 37.1 Å². The fourth-order valence-corrected chi connectivity index (χ4v) is 2.14. The molecule has 0 saturated heterocycles. The number of nitrogens with one attached hydrogen (secondary N) is 3. The maximum absolute atomic E-state index is 12.5. The second-order valence-corrected chi connectivity index (χ2v) is 7.04. The first-order chi connectivity index (χ1) is 13.6. The van der Waals surface area contributed by atoms with Gasteiger partial charge in [-0.2, -0.15) is 0 Å². The van der Waals surface area contributed by atoms with Crippen LogP contribution >= 0.6 is 0 Å². The normalized spacial score (nSPS) is 10.7. The average molecular weight is 409 g/mol. The number of amides is 3. The number of carbonyl (C=O) groups excluding carboxylic acids is 3. The van der Waals surface area contributed by atoms with Crippen molar-refractivity contribution in [2.75, 3.05) is 26.4 Å². The third-order valence-corrected chi connectivity index (χ3v) is 3.58. The quantitative estimate of drug-likeness (QED) is 0.536. The predicted molar refractivity (Wildman–Crippen MR) is 108 cm³/mol. The van der Waals surface area contributed by atoms with E-state index in [4.69, 9.17) is 14.2 Å². The SMILES string of the molecule is CCOc1cc(C(=O)NCC(=O)NNC(=O)C(C)(C)C)cc(OCC)c1OCC. The first-order valence-electron chi connectivity index (χ1n) is 9.57. The minimum absolute atomic E-state index is 0.256. The van der Waals surface area contributed by atoms with Gasteiger partial charge in [-0.25, -0.2) is 0 Å². The summed E-state index contributed by atoms with van der Waals surface area (Å²) in [6.07, 6.45) is 0. The largest absolute Gasteiger partial charge is 0.490 e. The summed E-state index contributed by atoms with van der Waals surface area (Å²) in [7, 11) is 0. The van der Waals surface area contributed by atoms with Gasteiger partial charge in [-0.1, -0.05) is 20.8 Å². The van der Waals surface area contributed by atoms with Crippen LogP contribution in [0.3, 0.4) is 0 Å². The topological polar surface area (TPSA) is 115 Å². The third kappa shape index (κ3) is 7.52. The highest BCUT2D eigenvalue weighted by Gasteiger charge is 2.22. The Labute approximate surface area is 171 Å². The van der Waals surface area contributed by atoms with Crippen molar-refractivity contribution in [3.05, 3.63) is 17.7 Å². The molecule has 3 amide bonds. The Morgan fingerprint density at radius 1 is 0.862 bits per heavy atom. The van der Waals surface area contributed by atoms with E-state index in [0.717, 1.165) is 0 Å². The van der Waals surface area contributed by atoms with Gasteiger partial charge in [0.1, 0.15) is 0 Å². The zero-order valence-electron chi connectivity index (χ0n) is 17.9. The lowest BCUT2D eigenvalue weighted by molar-refractivity contribution is -0.133. The highest BCUT2D eigenvalue weighted by molar-refractivity contribution is 5.97. The summed E-state index contributed by atoms with van der Waals surface area (Å²) in [5.41, 5.74) is 4.18. The lowest BCUT2D eigenvalue weighted by atomic mass is 9.96. The van der Waals surface area contributed by atoms with Crippen LogP contribution < -0.4 is 30.4 Å². The minimum Gasteiger partial charge on any atom is -0.490 e. The van der Waals surface area contributed by atoms with E-state index in [1.807, 2.05) is 20.8 Å². The molecule has 0 saturated carbocycles. The summed E-state index contributed by atoms with van der Waals surface area (Å²) in [4.78, 5) is 36.1. The number of rotatable bonds is 9. The van der Waals surface area contributed by atoms with Crippen LogP contribution in [0.25, 0.3) is 0 Å². The van der Waals surface area contributed by atoms with E-state index in [-0.39, 0.29) is 18.0 Å². The van der Waals surface area contributed by atoms with E-state index >= 15 is 0 Å². The molecule has 0 aliphatic heterocycles. The molecule has 1 aromatic rings. The fourth-order valence-electron chi connectivity index (χ4n) is 2.14. The number of ether oxygens (including phenoxy) is 3. The lowest BCUT2D eigenvalue weighted by Crippen LogP contribution is -2.49. The molecular weight excluding hydrogens is 378 g/mol. The molecule has 0 heterocycles. The van der Waals surface area contributed by atoms with Crippen LogP contribution in [0.1, 0.15) is 51.9 Å². The molecule has 1 rings (SSSR count). The Balaban J connectivity index is 2.85. The molecule has 1 aromatic carbocycles. The molecule has 0 spiro atoms. The van der Waals surface area contributed by atoms with Crippen molar-refractivity contribution < 1.29 is 28.6 Å². The van der Waals surface area contributed by atoms with Crippen molar-refractivity contribution >= 4 is 17.7 Å². The van der Waals surface area contributed by atoms with Gasteiger partial charge in [0.05, 0.1) is 26.4 Å². The van der Waals surface area contributed by atoms with Crippen molar-refractivity contribution in [3.8, 4) is 17.2 Å². The fraction of sp³-hybridized carbons (Fsp3) is 0.550. The second-order valence-electron chi connectivity index (χ2n) is 7.04. The van der Waals surface area contributed by atoms with Crippen molar-refractivity contribution in [2.45, 2.75) is 41.5 Å². The Kier molecular flexibility index (Phi) is 9.24. The van der Waals surface area contributed by atoms with Crippen LogP contribution in [0.4, 0.5) is 0 Å². The zero-order valence-corrected chi connectivity index (χ0v) is 17.9. The Hall–Kier alpha value is -2.97. The van der Waals surface area contributed by atoms with Crippen molar-refractivity contribution in [1.29, 1.82) is 0 Å². The zero-order chi connectivity index (χ0) is 22.0. The van der Waals surface area contributed by atoms with Gasteiger partial charge in [-0.05, 0) is 32.9 Å². The summed E-state index contributed by atoms with van der Waals surface area (Å²) >= 11 is 0. The minimum atomic E-state index is -0.649. The summed E-state index contributed by atoms with van der Waals surface area (Å²) in [6.45, 7) is 11.5. The smallest absolute Gasteiger partial charge is 0.257 e. The third-order valence-electron chi connectivity index (χ3n) is 3.58. The van der Waals surface area contributed by atoms with E-state index in [1.165, 1.54) is 12.1 Å². The van der Waals surface area contributed by atoms with Gasteiger partial charge >= 0.3 is 0 Å². The van der Waals surface area contributed by atoms with Crippen molar-refractivity contribution in [1.82, 2.24) is 16.2 Å². The average Bonchev–Trinajstić information content (AvgIpc) is 2.65. The van der Waals surface area contributed by atoms with Crippen LogP contribution in [0, 0.1) is 5.41 Å². The Morgan fingerprint density at radius 2 is 1.38 bits per heavy atom. The number of carbonyl (C=O) groups is 3. The molecule has 0 bridgehead atoms. The number of hydrazine groups is 1. The van der Waals surface area contributed by atoms with Gasteiger partial charge in [0.2, 0.25) is 11.7 Å². The summed E-state index contributed by atoms with van der Waals surface area (Å²) in [6, 6.07) is 3.07. The number of hydrogen-bond acceptors (Lipinski definition) is 6. The molecule has 3 N–H and O–H groups in total. The maximum Gasteiger partial charge on any atom is 0.257 e. The summed E-state index contributed by atoms with van der Waals surface area (Å²) in [5.74, 6) is -0.203. The molecule has 0 unspecified atom stereocenters. The van der Waals surface area contributed by atoms with Crippen LogP contribution in [-0.4, -0.2) is 44.1 Å². The number of benzene rings is 1. The van der Waals surface area contributed by atoms with Crippen LogP contribution in [0.5, 0.6) is 17.2 Å². The van der Waals surface area contributed by atoms with Gasteiger partial charge in [-0.3, -0.25) is 25.2 Å². The molecule has 162 valence electrons. The van der Waals surface area contributed by atoms with Gasteiger partial charge in [0, 0.05) is 11.0 Å². The highest BCUT2D eigenvalue weighted by Crippen LogP contribution is 2.39. The van der Waals surface area contributed by atoms with E-state index in [1.54, 1.807) is 20.8 Å². The first-order valence-corrected chi connectivity index (χ1v) is 9.57. The maximum atomic E-state index is 12.5. The monoisotopic (exact) mass is 409 g/mol. The molecule has 0 fully saturated rings. The molecule has 0 aliphatic rings. The molecule has 29 heavy (non-hydrogen) atoms. The standard InChI is InChI=1S/C20H31N3O6/c1-7-27-14-10-13(11-15(28-8-2)17(14)29-9-3)18(25)21-12-16(24)22-23-19(26)20(4,5)6/h10-11H,7-9,12H2,1-6H3,(H,21,25)(H,22,24)(H,23,26). The second kappa shape index (κ2) is 11.1. The van der Waals surface area contributed by atoms with Crippen molar-refractivity contribution in [2.24, 2.45) is 5.41 Å². The van der Waals surface area contributed by atoms with E-state index in [2.05, 4.69) is 16.2 Å². The van der Waals surface area contributed by atoms with E-state index < -0.39 is 17.2 Å². The molecule has 0 aromatic heterocycles. The molecule has 9 nitrogen and oxygen atoms in total. The van der Waals surface area contributed by atoms with Gasteiger partial charge in [0.25, 0.3) is 11.8 Å². The Morgan fingerprint density at radius 3 is 1.83 bits per heavy atom. The summed E-state index contributed by atoms with van der Waals surface area (Å²) < 4.78 is 16.8. The molecular formula is C20H31N3O6. The highest BCUT2D eigenvalue weighted by atomic mass is 16.5. The van der Waals surface area contributed by atoms with Gasteiger partial charge < -0.3 is 19.5 Å². The van der Waals surface area contributed by atoms with Crippen molar-refractivity contribution in [3.63, 3.8) is 0 Å². The van der Waals surface area contributed by atoms with Crippen LogP contribution in [0.2, 0.25) is 0 Å². The van der Waals surface area contributed by atoms with Crippen LogP contribution in [-0.2, 0) is 9.59 Å². The predicted octanol–water partition coefficient (Wildman–Crippen LogP) is 1.81. The summed E-state index contributed by atoms with van der Waals surface area (Å²) in [5, 5.41) is 2.50. The van der Waals surface area contributed by atoms with E-state index in [9.17, 15) is 14.4 Å². The number of hydrogen-bond donors (Lipinski definition) is 3. The Bertz CT molecular complexity index is 700. The molecule has 0 atom stereocenters. The molecule has 0 radical (unpaired) electrons. The molecule has 9 heteroatoms. The van der Waals surface area contributed by atoms with Gasteiger partial charge in [0.15, 0.2) is 11.5 Å². The van der Waals surface area contributed by atoms with Gasteiger partial charge in [-0.15, -0.1) is 0 Å².